The van der Waals surface area contributed by atoms with Gasteiger partial charge in [0.2, 0.25) is 5.91 Å². The van der Waals surface area contributed by atoms with Gasteiger partial charge in [0.1, 0.15) is 10.7 Å². The minimum atomic E-state index is -0.778. The Hall–Kier alpha value is -3.53. The zero-order valence-electron chi connectivity index (χ0n) is 17.8. The van der Waals surface area contributed by atoms with Crippen molar-refractivity contribution in [1.82, 2.24) is 0 Å². The lowest BCUT2D eigenvalue weighted by molar-refractivity contribution is -0.140. The molecule has 0 bridgehead atoms. The number of ether oxygens (including phenoxy) is 2. The van der Waals surface area contributed by atoms with Gasteiger partial charge in [-0.25, -0.2) is 14.6 Å². The summed E-state index contributed by atoms with van der Waals surface area (Å²) in [6.45, 7) is 3.29. The minimum Gasteiger partial charge on any atom is -0.462 e. The van der Waals surface area contributed by atoms with E-state index in [1.165, 1.54) is 11.3 Å². The van der Waals surface area contributed by atoms with Crippen LogP contribution in [0.3, 0.4) is 0 Å². The first-order valence-corrected chi connectivity index (χ1v) is 11.0. The number of carbonyl (C=O) groups is 4. The van der Waals surface area contributed by atoms with Gasteiger partial charge in [-0.05, 0) is 31.5 Å². The smallest absolute Gasteiger partial charge is 0.355 e. The molecular formula is C22H23N3O6S. The van der Waals surface area contributed by atoms with Crippen molar-refractivity contribution in [2.75, 3.05) is 23.5 Å². The fraction of sp³-hybridized carbons (Fsp3) is 0.318. The zero-order valence-corrected chi connectivity index (χ0v) is 18.6. The predicted molar refractivity (Wildman–Crippen MR) is 120 cm³/mol. The molecule has 3 rings (SSSR count). The summed E-state index contributed by atoms with van der Waals surface area (Å²) in [6.07, 6.45) is 0.922. The van der Waals surface area contributed by atoms with E-state index in [4.69, 9.17) is 9.47 Å². The topological polar surface area (TPSA) is 114 Å². The van der Waals surface area contributed by atoms with Crippen molar-refractivity contribution in [3.63, 3.8) is 0 Å². The van der Waals surface area contributed by atoms with E-state index in [1.54, 1.807) is 43.3 Å². The number of carbonyl (C=O) groups excluding carboxylic acids is 4. The van der Waals surface area contributed by atoms with Crippen molar-refractivity contribution in [3.8, 4) is 0 Å². The molecule has 10 heteroatoms. The lowest BCUT2D eigenvalue weighted by Crippen LogP contribution is -2.35. The summed E-state index contributed by atoms with van der Waals surface area (Å²) < 4.78 is 10.1. The molecule has 1 aliphatic rings. The molecular weight excluding hydrogens is 434 g/mol. The molecule has 0 unspecified atom stereocenters. The van der Waals surface area contributed by atoms with Crippen molar-refractivity contribution >= 4 is 51.5 Å². The third-order valence-electron chi connectivity index (χ3n) is 4.48. The summed E-state index contributed by atoms with van der Waals surface area (Å²) in [7, 11) is 0. The Labute approximate surface area is 189 Å². The molecule has 0 aliphatic carbocycles. The molecule has 2 heterocycles. The maximum Gasteiger partial charge on any atom is 0.355 e. The first kappa shape index (κ1) is 23.1. The number of para-hydroxylation sites is 1. The first-order valence-electron chi connectivity index (χ1n) is 10.1. The minimum absolute atomic E-state index is 0.0536. The number of aryl methyl sites for hydroxylation is 1. The number of anilines is 2. The molecule has 2 aromatic rings. The highest BCUT2D eigenvalue weighted by atomic mass is 32.1. The summed E-state index contributed by atoms with van der Waals surface area (Å²) >= 11 is 1.26. The van der Waals surface area contributed by atoms with Crippen LogP contribution in [-0.2, 0) is 30.3 Å². The second-order valence-electron chi connectivity index (χ2n) is 6.74. The third-order valence-corrected chi connectivity index (χ3v) is 5.68. The number of esters is 2. The van der Waals surface area contributed by atoms with E-state index in [9.17, 15) is 19.2 Å². The molecule has 1 aromatic carbocycles. The van der Waals surface area contributed by atoms with Crippen molar-refractivity contribution in [1.29, 1.82) is 0 Å². The van der Waals surface area contributed by atoms with Gasteiger partial charge in [0, 0.05) is 17.7 Å². The molecule has 2 amide bonds. The summed E-state index contributed by atoms with van der Waals surface area (Å²) in [5, 5.41) is 8.20. The van der Waals surface area contributed by atoms with Gasteiger partial charge in [-0.2, -0.15) is 5.10 Å². The Bertz CT molecular complexity index is 1050. The second-order valence-corrected chi connectivity index (χ2v) is 7.88. The Balaban J connectivity index is 1.63. The average Bonchev–Trinajstić information content (AvgIpc) is 3.21. The summed E-state index contributed by atoms with van der Waals surface area (Å²) in [5.41, 5.74) is 0.857. The van der Waals surface area contributed by atoms with Crippen molar-refractivity contribution in [2.24, 2.45) is 5.10 Å². The summed E-state index contributed by atoms with van der Waals surface area (Å²) in [5.74, 6) is -2.14. The summed E-state index contributed by atoms with van der Waals surface area (Å²) in [6, 6.07) is 10.4. The van der Waals surface area contributed by atoms with Crippen LogP contribution < -0.4 is 10.3 Å². The third kappa shape index (κ3) is 5.58. The number of rotatable bonds is 8. The van der Waals surface area contributed by atoms with Crippen LogP contribution in [0.4, 0.5) is 10.7 Å². The number of hydrogen-bond acceptors (Lipinski definition) is 8. The molecule has 32 heavy (non-hydrogen) atoms. The highest BCUT2D eigenvalue weighted by Gasteiger charge is 2.27. The molecule has 0 atom stereocenters. The van der Waals surface area contributed by atoms with Gasteiger partial charge < -0.3 is 14.8 Å². The van der Waals surface area contributed by atoms with Gasteiger partial charge in [0.05, 0.1) is 17.9 Å². The fourth-order valence-electron chi connectivity index (χ4n) is 2.92. The number of hydrogen-bond donors (Lipinski definition) is 1. The highest BCUT2D eigenvalue weighted by molar-refractivity contribution is 7.16. The van der Waals surface area contributed by atoms with E-state index >= 15 is 0 Å². The molecule has 1 aliphatic heterocycles. The first-order chi connectivity index (χ1) is 15.4. The number of nitrogens with one attached hydrogen (secondary N) is 1. The Kier molecular flexibility index (Phi) is 7.72. The van der Waals surface area contributed by atoms with Gasteiger partial charge in [0.15, 0.2) is 6.61 Å². The van der Waals surface area contributed by atoms with E-state index < -0.39 is 24.5 Å². The predicted octanol–water partition coefficient (Wildman–Crippen LogP) is 3.15. The van der Waals surface area contributed by atoms with Crippen LogP contribution in [0.1, 0.15) is 41.9 Å². The lowest BCUT2D eigenvalue weighted by Gasteiger charge is -2.22. The Morgan fingerprint density at radius 2 is 1.84 bits per heavy atom. The van der Waals surface area contributed by atoms with Gasteiger partial charge in [-0.1, -0.05) is 25.1 Å². The van der Waals surface area contributed by atoms with Gasteiger partial charge in [-0.3, -0.25) is 9.59 Å². The normalized spacial score (nSPS) is 13.4. The van der Waals surface area contributed by atoms with E-state index in [-0.39, 0.29) is 36.6 Å². The van der Waals surface area contributed by atoms with Crippen LogP contribution in [0.5, 0.6) is 0 Å². The van der Waals surface area contributed by atoms with Crippen LogP contribution in [0, 0.1) is 0 Å². The highest BCUT2D eigenvalue weighted by Crippen LogP contribution is 2.29. The maximum atomic E-state index is 12.4. The molecule has 0 saturated carbocycles. The largest absolute Gasteiger partial charge is 0.462 e. The average molecular weight is 458 g/mol. The molecule has 1 N–H and O–H groups in total. The van der Waals surface area contributed by atoms with Crippen LogP contribution >= 0.6 is 11.3 Å². The lowest BCUT2D eigenvalue weighted by atomic mass is 10.1. The summed E-state index contributed by atoms with van der Waals surface area (Å²) in [4.78, 5) is 49.9. The standard InChI is InChI=1S/C22H23N3O6S/c1-3-15-12-16(21(28)30-4-2)20(32-15)23-18(26)13-31-22(29)17-10-11-19(27)25(24-17)14-8-6-5-7-9-14/h5-9,12H,3-4,10-11,13H2,1-2H3,(H,23,26). The van der Waals surface area contributed by atoms with Crippen LogP contribution in [0.15, 0.2) is 41.5 Å². The van der Waals surface area contributed by atoms with Crippen molar-refractivity contribution in [3.05, 3.63) is 46.8 Å². The van der Waals surface area contributed by atoms with E-state index in [0.717, 1.165) is 9.89 Å². The molecule has 0 spiro atoms. The number of benzene rings is 1. The van der Waals surface area contributed by atoms with Gasteiger partial charge in [-0.15, -0.1) is 11.3 Å². The quantitative estimate of drug-likeness (QED) is 0.609. The van der Waals surface area contributed by atoms with Crippen LogP contribution in [0.25, 0.3) is 0 Å². The maximum absolute atomic E-state index is 12.4. The van der Waals surface area contributed by atoms with E-state index in [1.807, 2.05) is 6.92 Å². The fourth-order valence-corrected chi connectivity index (χ4v) is 3.92. The van der Waals surface area contributed by atoms with E-state index in [0.29, 0.717) is 17.1 Å². The molecule has 0 saturated heterocycles. The Morgan fingerprint density at radius 3 is 2.53 bits per heavy atom. The van der Waals surface area contributed by atoms with Crippen molar-refractivity contribution in [2.45, 2.75) is 33.1 Å². The van der Waals surface area contributed by atoms with Crippen LogP contribution in [-0.4, -0.2) is 42.7 Å². The zero-order chi connectivity index (χ0) is 23.1. The van der Waals surface area contributed by atoms with Gasteiger partial charge in [0.25, 0.3) is 5.91 Å². The molecule has 9 nitrogen and oxygen atoms in total. The second kappa shape index (κ2) is 10.7. The molecule has 168 valence electrons. The van der Waals surface area contributed by atoms with Crippen LogP contribution in [0.2, 0.25) is 0 Å². The molecule has 1 aromatic heterocycles. The number of thiophene rings is 1. The molecule has 0 radical (unpaired) electrons. The molecule has 0 fully saturated rings. The number of amides is 2. The van der Waals surface area contributed by atoms with E-state index in [2.05, 4.69) is 10.4 Å². The SMILES string of the molecule is CCOC(=O)c1cc(CC)sc1NC(=O)COC(=O)C1=NN(c2ccccc2)C(=O)CC1. The van der Waals surface area contributed by atoms with Crippen molar-refractivity contribution < 1.29 is 28.7 Å². The number of hydrazone groups is 1. The monoisotopic (exact) mass is 457 g/mol. The Morgan fingerprint density at radius 1 is 1.09 bits per heavy atom. The van der Waals surface area contributed by atoms with Gasteiger partial charge >= 0.3 is 11.9 Å². The number of nitrogens with zero attached hydrogens (tertiary/aromatic N) is 2.